The molecule has 18 heavy (non-hydrogen) atoms. The van der Waals surface area contributed by atoms with Crippen LogP contribution < -0.4 is 0 Å². The lowest BCUT2D eigenvalue weighted by Crippen LogP contribution is -2.36. The third-order valence-corrected chi connectivity index (χ3v) is 4.28. The molecule has 0 aromatic rings. The molecule has 1 N–H and O–H groups in total. The van der Waals surface area contributed by atoms with E-state index in [2.05, 4.69) is 13.8 Å². The summed E-state index contributed by atoms with van der Waals surface area (Å²) in [6, 6.07) is 0. The molecule has 0 spiro atoms. The van der Waals surface area contributed by atoms with Crippen molar-refractivity contribution in [2.75, 3.05) is 13.1 Å². The minimum absolute atomic E-state index is 0.00944. The Balaban J connectivity index is 2.72. The van der Waals surface area contributed by atoms with Crippen LogP contribution in [0.2, 0.25) is 0 Å². The molecule has 1 aliphatic rings. The van der Waals surface area contributed by atoms with Gasteiger partial charge < -0.3 is 10.0 Å². The van der Waals surface area contributed by atoms with Gasteiger partial charge in [0, 0.05) is 13.1 Å². The summed E-state index contributed by atoms with van der Waals surface area (Å²) < 4.78 is 0. The molecule has 3 unspecified atom stereocenters. The van der Waals surface area contributed by atoms with Gasteiger partial charge >= 0.3 is 5.97 Å². The van der Waals surface area contributed by atoms with E-state index in [9.17, 15) is 9.59 Å². The van der Waals surface area contributed by atoms with E-state index < -0.39 is 17.3 Å². The fraction of sp³-hybridized carbons (Fsp3) is 0.857. The smallest absolute Gasteiger partial charge is 0.307 e. The second-order valence-electron chi connectivity index (χ2n) is 6.01. The van der Waals surface area contributed by atoms with Crippen molar-refractivity contribution in [1.82, 2.24) is 4.90 Å². The van der Waals surface area contributed by atoms with E-state index in [1.807, 2.05) is 25.7 Å². The van der Waals surface area contributed by atoms with E-state index in [1.165, 1.54) is 0 Å². The van der Waals surface area contributed by atoms with Crippen molar-refractivity contribution in [2.45, 2.75) is 41.0 Å². The number of hydrogen-bond donors (Lipinski definition) is 1. The van der Waals surface area contributed by atoms with Gasteiger partial charge in [0.05, 0.1) is 11.8 Å². The Morgan fingerprint density at radius 1 is 1.28 bits per heavy atom. The van der Waals surface area contributed by atoms with Crippen molar-refractivity contribution in [3.8, 4) is 0 Å². The van der Waals surface area contributed by atoms with Crippen LogP contribution in [-0.2, 0) is 9.59 Å². The standard InChI is InChI=1S/C14H25NO3/c1-6-9(3)8-15(7-2)12(16)10-11(13(17)18)14(10,4)5/h9-11H,6-8H2,1-5H3,(H,17,18). The normalized spacial score (nSPS) is 26.5. The van der Waals surface area contributed by atoms with Crippen molar-refractivity contribution in [3.05, 3.63) is 0 Å². The van der Waals surface area contributed by atoms with E-state index in [0.29, 0.717) is 12.5 Å². The van der Waals surface area contributed by atoms with Gasteiger partial charge in [-0.15, -0.1) is 0 Å². The summed E-state index contributed by atoms with van der Waals surface area (Å²) >= 11 is 0. The minimum atomic E-state index is -0.849. The summed E-state index contributed by atoms with van der Waals surface area (Å²) in [6.45, 7) is 11.3. The third-order valence-electron chi connectivity index (χ3n) is 4.28. The fourth-order valence-corrected chi connectivity index (χ4v) is 2.64. The maximum atomic E-state index is 12.4. The van der Waals surface area contributed by atoms with Gasteiger partial charge in [-0.3, -0.25) is 9.59 Å². The average Bonchev–Trinajstić information content (AvgIpc) is 2.88. The predicted octanol–water partition coefficient (Wildman–Crippen LogP) is 2.24. The Morgan fingerprint density at radius 3 is 2.17 bits per heavy atom. The molecule has 0 saturated heterocycles. The monoisotopic (exact) mass is 255 g/mol. The summed E-state index contributed by atoms with van der Waals surface area (Å²) in [5, 5.41) is 9.12. The van der Waals surface area contributed by atoms with Crippen LogP contribution in [0.4, 0.5) is 0 Å². The van der Waals surface area contributed by atoms with Crippen LogP contribution >= 0.6 is 0 Å². The fourth-order valence-electron chi connectivity index (χ4n) is 2.64. The molecule has 3 atom stereocenters. The molecule has 1 aliphatic carbocycles. The van der Waals surface area contributed by atoms with E-state index in [-0.39, 0.29) is 11.8 Å². The molecule has 1 saturated carbocycles. The number of hydrogen-bond acceptors (Lipinski definition) is 2. The van der Waals surface area contributed by atoms with Crippen molar-refractivity contribution < 1.29 is 14.7 Å². The van der Waals surface area contributed by atoms with Crippen LogP contribution in [0.15, 0.2) is 0 Å². The number of carbonyl (C=O) groups excluding carboxylic acids is 1. The first kappa shape index (κ1) is 15.0. The van der Waals surface area contributed by atoms with Crippen molar-refractivity contribution >= 4 is 11.9 Å². The number of carbonyl (C=O) groups is 2. The van der Waals surface area contributed by atoms with E-state index >= 15 is 0 Å². The lowest BCUT2D eigenvalue weighted by molar-refractivity contribution is -0.142. The van der Waals surface area contributed by atoms with Crippen molar-refractivity contribution in [3.63, 3.8) is 0 Å². The Hall–Kier alpha value is -1.06. The zero-order valence-corrected chi connectivity index (χ0v) is 12.1. The minimum Gasteiger partial charge on any atom is -0.481 e. The van der Waals surface area contributed by atoms with Crippen molar-refractivity contribution in [1.29, 1.82) is 0 Å². The van der Waals surface area contributed by atoms with Gasteiger partial charge in [0.25, 0.3) is 0 Å². The highest BCUT2D eigenvalue weighted by atomic mass is 16.4. The third kappa shape index (κ3) is 2.68. The van der Waals surface area contributed by atoms with Crippen molar-refractivity contribution in [2.24, 2.45) is 23.2 Å². The van der Waals surface area contributed by atoms with Gasteiger partial charge in [-0.25, -0.2) is 0 Å². The Bertz CT molecular complexity index is 338. The highest BCUT2D eigenvalue weighted by Crippen LogP contribution is 2.59. The van der Waals surface area contributed by atoms with Crippen LogP contribution in [0.3, 0.4) is 0 Å². The SMILES string of the molecule is CCC(C)CN(CC)C(=O)C1C(C(=O)O)C1(C)C. The number of nitrogens with zero attached hydrogens (tertiary/aromatic N) is 1. The molecule has 0 aliphatic heterocycles. The molecule has 104 valence electrons. The first-order chi connectivity index (χ1) is 8.27. The van der Waals surface area contributed by atoms with Gasteiger partial charge in [-0.05, 0) is 18.3 Å². The lowest BCUT2D eigenvalue weighted by atomic mass is 10.1. The molecule has 4 heteroatoms. The first-order valence-electron chi connectivity index (χ1n) is 6.78. The van der Waals surface area contributed by atoms with Gasteiger partial charge in [0.15, 0.2) is 0 Å². The second kappa shape index (κ2) is 5.29. The molecular formula is C14H25NO3. The highest BCUT2D eigenvalue weighted by molar-refractivity contribution is 5.91. The number of amides is 1. The largest absolute Gasteiger partial charge is 0.481 e. The Morgan fingerprint density at radius 2 is 1.83 bits per heavy atom. The van der Waals surface area contributed by atoms with E-state index in [0.717, 1.165) is 13.0 Å². The summed E-state index contributed by atoms with van der Waals surface area (Å²) in [4.78, 5) is 25.3. The molecule has 1 amide bonds. The van der Waals surface area contributed by atoms with Crippen LogP contribution in [0, 0.1) is 23.2 Å². The summed E-state index contributed by atoms with van der Waals surface area (Å²) in [6.07, 6.45) is 1.03. The molecule has 0 aromatic carbocycles. The number of aliphatic carboxylic acids is 1. The molecule has 0 heterocycles. The zero-order chi connectivity index (χ0) is 14.1. The molecule has 1 rings (SSSR count). The maximum Gasteiger partial charge on any atom is 0.307 e. The number of rotatable bonds is 6. The van der Waals surface area contributed by atoms with Crippen LogP contribution in [-0.4, -0.2) is 35.0 Å². The van der Waals surface area contributed by atoms with Crippen LogP contribution in [0.25, 0.3) is 0 Å². The molecule has 0 radical (unpaired) electrons. The number of carboxylic acids is 1. The van der Waals surface area contributed by atoms with Crippen LogP contribution in [0.1, 0.15) is 41.0 Å². The van der Waals surface area contributed by atoms with E-state index in [1.54, 1.807) is 0 Å². The summed E-state index contributed by atoms with van der Waals surface area (Å²) in [7, 11) is 0. The van der Waals surface area contributed by atoms with Gasteiger partial charge in [0.1, 0.15) is 0 Å². The molecule has 4 nitrogen and oxygen atoms in total. The summed E-state index contributed by atoms with van der Waals surface area (Å²) in [5.74, 6) is -1.25. The van der Waals surface area contributed by atoms with Gasteiger partial charge in [-0.1, -0.05) is 34.1 Å². The Labute approximate surface area is 109 Å². The second-order valence-corrected chi connectivity index (χ2v) is 6.01. The van der Waals surface area contributed by atoms with E-state index in [4.69, 9.17) is 5.11 Å². The highest BCUT2D eigenvalue weighted by Gasteiger charge is 2.66. The average molecular weight is 255 g/mol. The van der Waals surface area contributed by atoms with Gasteiger partial charge in [-0.2, -0.15) is 0 Å². The molecule has 0 aromatic heterocycles. The number of carboxylic acid groups (broad SMARTS) is 1. The first-order valence-corrected chi connectivity index (χ1v) is 6.78. The maximum absolute atomic E-state index is 12.4. The zero-order valence-electron chi connectivity index (χ0n) is 12.1. The van der Waals surface area contributed by atoms with Crippen LogP contribution in [0.5, 0.6) is 0 Å². The quantitative estimate of drug-likeness (QED) is 0.792. The predicted molar refractivity (Wildman–Crippen MR) is 70.1 cm³/mol. The topological polar surface area (TPSA) is 57.6 Å². The molecular weight excluding hydrogens is 230 g/mol. The lowest BCUT2D eigenvalue weighted by Gasteiger charge is -2.24. The molecule has 1 fully saturated rings. The Kier molecular flexibility index (Phi) is 4.41. The van der Waals surface area contributed by atoms with Gasteiger partial charge in [0.2, 0.25) is 5.91 Å². The summed E-state index contributed by atoms with van der Waals surface area (Å²) in [5.41, 5.74) is -0.397. The molecule has 0 bridgehead atoms.